The normalized spacial score (nSPS) is 19.3. The molecule has 19 heavy (non-hydrogen) atoms. The van der Waals surface area contributed by atoms with E-state index >= 15 is 0 Å². The van der Waals surface area contributed by atoms with Gasteiger partial charge < -0.3 is 10.6 Å². The zero-order valence-electron chi connectivity index (χ0n) is 10.6. The molecule has 0 radical (unpaired) electrons. The van der Waals surface area contributed by atoms with Gasteiger partial charge in [0.05, 0.1) is 0 Å². The van der Waals surface area contributed by atoms with Crippen LogP contribution in [0.5, 0.6) is 0 Å². The predicted molar refractivity (Wildman–Crippen MR) is 76.5 cm³/mol. The van der Waals surface area contributed by atoms with E-state index in [1.54, 1.807) is 23.1 Å². The molecule has 0 aliphatic carbocycles. The quantitative estimate of drug-likeness (QED) is 0.847. The number of hydrogen-bond acceptors (Lipinski definition) is 2. The molecule has 1 aromatic rings. The van der Waals surface area contributed by atoms with Crippen molar-refractivity contribution in [1.82, 2.24) is 4.90 Å². The summed E-state index contributed by atoms with van der Waals surface area (Å²) in [6, 6.07) is 6.12. The van der Waals surface area contributed by atoms with Crippen LogP contribution in [0.15, 0.2) is 30.3 Å². The van der Waals surface area contributed by atoms with Crippen molar-refractivity contribution in [1.29, 1.82) is 0 Å². The number of piperidine rings is 1. The van der Waals surface area contributed by atoms with E-state index in [1.807, 2.05) is 0 Å². The number of rotatable bonds is 2. The van der Waals surface area contributed by atoms with Crippen molar-refractivity contribution in [3.8, 4) is 0 Å². The highest BCUT2D eigenvalue weighted by Crippen LogP contribution is 2.10. The van der Waals surface area contributed by atoms with Gasteiger partial charge in [-0.2, -0.15) is 0 Å². The molecule has 1 fully saturated rings. The van der Waals surface area contributed by atoms with Crippen LogP contribution in [0.1, 0.15) is 18.4 Å². The van der Waals surface area contributed by atoms with E-state index in [0.29, 0.717) is 6.54 Å². The molecule has 2 N–H and O–H groups in total. The molecule has 3 nitrogen and oxygen atoms in total. The largest absolute Gasteiger partial charge is 0.338 e. The SMILES string of the molecule is Cl.NC1CCCN(C(=O)/C=C/c2ccc(F)cc2)C1. The molecule has 1 aromatic carbocycles. The summed E-state index contributed by atoms with van der Waals surface area (Å²) < 4.78 is 12.7. The molecular weight excluding hydrogens is 267 g/mol. The third kappa shape index (κ3) is 4.65. The maximum atomic E-state index is 12.7. The Labute approximate surface area is 118 Å². The molecule has 1 unspecified atom stereocenters. The molecule has 2 rings (SSSR count). The maximum Gasteiger partial charge on any atom is 0.246 e. The number of hydrogen-bond donors (Lipinski definition) is 1. The number of amides is 1. The Hall–Kier alpha value is -1.39. The second-order valence-electron chi connectivity index (χ2n) is 4.57. The van der Waals surface area contributed by atoms with Gasteiger partial charge in [0, 0.05) is 25.2 Å². The topological polar surface area (TPSA) is 46.3 Å². The van der Waals surface area contributed by atoms with Crippen LogP contribution in [0.25, 0.3) is 6.08 Å². The third-order valence-electron chi connectivity index (χ3n) is 3.06. The molecule has 1 heterocycles. The fourth-order valence-corrected chi connectivity index (χ4v) is 2.06. The average molecular weight is 285 g/mol. The Bertz CT molecular complexity index is 447. The molecule has 104 valence electrons. The van der Waals surface area contributed by atoms with E-state index in [2.05, 4.69) is 0 Å². The first kappa shape index (κ1) is 15.7. The predicted octanol–water partition coefficient (Wildman–Crippen LogP) is 2.21. The number of halogens is 2. The lowest BCUT2D eigenvalue weighted by atomic mass is 10.1. The van der Waals surface area contributed by atoms with Crippen molar-refractivity contribution in [2.45, 2.75) is 18.9 Å². The number of carbonyl (C=O) groups is 1. The van der Waals surface area contributed by atoms with Crippen molar-refractivity contribution in [3.63, 3.8) is 0 Å². The van der Waals surface area contributed by atoms with E-state index in [9.17, 15) is 9.18 Å². The zero-order chi connectivity index (χ0) is 13.0. The zero-order valence-corrected chi connectivity index (χ0v) is 11.4. The molecule has 1 saturated heterocycles. The van der Waals surface area contributed by atoms with Gasteiger partial charge in [0.15, 0.2) is 0 Å². The number of nitrogens with zero attached hydrogens (tertiary/aromatic N) is 1. The van der Waals surface area contributed by atoms with Crippen molar-refractivity contribution in [3.05, 3.63) is 41.7 Å². The summed E-state index contributed by atoms with van der Waals surface area (Å²) in [4.78, 5) is 13.7. The van der Waals surface area contributed by atoms with Crippen LogP contribution in [0.3, 0.4) is 0 Å². The standard InChI is InChI=1S/C14H17FN2O.ClH/c15-12-6-3-11(4-7-12)5-8-14(18)17-9-1-2-13(16)10-17;/h3-8,13H,1-2,9-10,16H2;1H/b8-5+;. The first-order valence-electron chi connectivity index (χ1n) is 6.13. The third-order valence-corrected chi connectivity index (χ3v) is 3.06. The van der Waals surface area contributed by atoms with Crippen LogP contribution in [0, 0.1) is 5.82 Å². The molecule has 1 atom stereocenters. The van der Waals surface area contributed by atoms with E-state index in [0.717, 1.165) is 24.9 Å². The van der Waals surface area contributed by atoms with Crippen LogP contribution in [-0.4, -0.2) is 29.9 Å². The van der Waals surface area contributed by atoms with Gasteiger partial charge in [-0.15, -0.1) is 12.4 Å². The minimum atomic E-state index is -0.277. The minimum Gasteiger partial charge on any atom is -0.338 e. The van der Waals surface area contributed by atoms with Gasteiger partial charge in [-0.3, -0.25) is 4.79 Å². The lowest BCUT2D eigenvalue weighted by molar-refractivity contribution is -0.127. The number of likely N-dealkylation sites (tertiary alicyclic amines) is 1. The molecule has 5 heteroatoms. The Morgan fingerprint density at radius 1 is 1.37 bits per heavy atom. The summed E-state index contributed by atoms with van der Waals surface area (Å²) >= 11 is 0. The molecule has 1 aliphatic heterocycles. The molecule has 0 bridgehead atoms. The van der Waals surface area contributed by atoms with Crippen LogP contribution in [-0.2, 0) is 4.79 Å². The highest BCUT2D eigenvalue weighted by atomic mass is 35.5. The summed E-state index contributed by atoms with van der Waals surface area (Å²) in [6.45, 7) is 1.38. The Morgan fingerprint density at radius 3 is 2.68 bits per heavy atom. The van der Waals surface area contributed by atoms with Crippen molar-refractivity contribution in [2.24, 2.45) is 5.73 Å². The maximum absolute atomic E-state index is 12.7. The highest BCUT2D eigenvalue weighted by Gasteiger charge is 2.19. The van der Waals surface area contributed by atoms with Gasteiger partial charge in [-0.05, 0) is 36.6 Å². The van der Waals surface area contributed by atoms with Gasteiger partial charge in [0.1, 0.15) is 5.82 Å². The summed E-state index contributed by atoms with van der Waals surface area (Å²) in [7, 11) is 0. The Kier molecular flexibility index (Phi) is 5.99. The highest BCUT2D eigenvalue weighted by molar-refractivity contribution is 5.91. The molecule has 0 saturated carbocycles. The summed E-state index contributed by atoms with van der Waals surface area (Å²) in [5, 5.41) is 0. The van der Waals surface area contributed by atoms with Gasteiger partial charge in [0.2, 0.25) is 5.91 Å². The van der Waals surface area contributed by atoms with Crippen molar-refractivity contribution in [2.75, 3.05) is 13.1 Å². The van der Waals surface area contributed by atoms with Gasteiger partial charge in [0.25, 0.3) is 0 Å². The fourth-order valence-electron chi connectivity index (χ4n) is 2.06. The first-order valence-corrected chi connectivity index (χ1v) is 6.13. The number of nitrogens with two attached hydrogens (primary N) is 1. The molecular formula is C14H18ClFN2O. The molecule has 0 spiro atoms. The van der Waals surface area contributed by atoms with Crippen LogP contribution in [0.4, 0.5) is 4.39 Å². The molecule has 0 aromatic heterocycles. The van der Waals surface area contributed by atoms with Crippen LogP contribution in [0.2, 0.25) is 0 Å². The molecule has 1 amide bonds. The smallest absolute Gasteiger partial charge is 0.246 e. The summed E-state index contributed by atoms with van der Waals surface area (Å²) in [5.41, 5.74) is 6.64. The van der Waals surface area contributed by atoms with Crippen molar-refractivity contribution < 1.29 is 9.18 Å². The minimum absolute atomic E-state index is 0. The van der Waals surface area contributed by atoms with Crippen molar-refractivity contribution >= 4 is 24.4 Å². The Morgan fingerprint density at radius 2 is 2.05 bits per heavy atom. The fraction of sp³-hybridized carbons (Fsp3) is 0.357. The van der Waals surface area contributed by atoms with Gasteiger partial charge in [-0.25, -0.2) is 4.39 Å². The van der Waals surface area contributed by atoms with E-state index in [-0.39, 0.29) is 30.2 Å². The molecule has 1 aliphatic rings. The first-order chi connectivity index (χ1) is 8.65. The Balaban J connectivity index is 0.00000180. The number of carbonyl (C=O) groups excluding carboxylic acids is 1. The van der Waals surface area contributed by atoms with E-state index < -0.39 is 0 Å². The van der Waals surface area contributed by atoms with Gasteiger partial charge >= 0.3 is 0 Å². The summed E-state index contributed by atoms with van der Waals surface area (Å²) in [5.74, 6) is -0.310. The second kappa shape index (κ2) is 7.26. The monoisotopic (exact) mass is 284 g/mol. The lowest BCUT2D eigenvalue weighted by Gasteiger charge is -2.29. The lowest BCUT2D eigenvalue weighted by Crippen LogP contribution is -2.45. The second-order valence-corrected chi connectivity index (χ2v) is 4.57. The van der Waals surface area contributed by atoms with Crippen LogP contribution >= 0.6 is 12.4 Å². The number of benzene rings is 1. The average Bonchev–Trinajstić information content (AvgIpc) is 2.38. The summed E-state index contributed by atoms with van der Waals surface area (Å²) in [6.07, 6.45) is 5.15. The van der Waals surface area contributed by atoms with E-state index in [4.69, 9.17) is 5.73 Å². The van der Waals surface area contributed by atoms with E-state index in [1.165, 1.54) is 18.2 Å². The van der Waals surface area contributed by atoms with Gasteiger partial charge in [-0.1, -0.05) is 12.1 Å². The van der Waals surface area contributed by atoms with Crippen LogP contribution < -0.4 is 5.73 Å².